The molecule has 3 aliphatic carbocycles. The summed E-state index contributed by atoms with van der Waals surface area (Å²) in [7, 11) is 0. The molecule has 0 amide bonds. The van der Waals surface area contributed by atoms with Crippen molar-refractivity contribution in [3.8, 4) is 0 Å². The highest BCUT2D eigenvalue weighted by atomic mass is 15.1. The number of aromatic nitrogens is 2. The fourth-order valence-electron chi connectivity index (χ4n) is 4.80. The maximum Gasteiger partial charge on any atom is 0.169 e. The average molecular weight is 266 g/mol. The summed E-state index contributed by atoms with van der Waals surface area (Å²) in [6.07, 6.45) is 4.33. The molecule has 3 N–H and O–H groups in total. The van der Waals surface area contributed by atoms with E-state index in [0.717, 1.165) is 40.5 Å². The van der Waals surface area contributed by atoms with E-state index in [4.69, 9.17) is 5.73 Å². The normalized spacial score (nSPS) is 37.1. The molecule has 3 saturated carbocycles. The second kappa shape index (κ2) is 3.62. The first kappa shape index (κ1) is 10.9. The Morgan fingerprint density at radius 3 is 2.35 bits per heavy atom. The van der Waals surface area contributed by atoms with Crippen molar-refractivity contribution in [3.63, 3.8) is 0 Å². The Labute approximate surface area is 117 Å². The highest BCUT2D eigenvalue weighted by molar-refractivity contribution is 5.79. The third-order valence-corrected chi connectivity index (χ3v) is 5.64. The van der Waals surface area contributed by atoms with Crippen LogP contribution in [-0.4, -0.2) is 16.0 Å². The van der Waals surface area contributed by atoms with Gasteiger partial charge in [0.15, 0.2) is 11.6 Å². The third-order valence-electron chi connectivity index (χ3n) is 5.64. The number of para-hydroxylation sites is 2. The zero-order chi connectivity index (χ0) is 13.3. The zero-order valence-corrected chi connectivity index (χ0v) is 11.3. The van der Waals surface area contributed by atoms with Crippen LogP contribution in [0.2, 0.25) is 0 Å². The summed E-state index contributed by atoms with van der Waals surface area (Å²) in [6.45, 7) is 0. The highest BCUT2D eigenvalue weighted by Crippen LogP contribution is 2.66. The molecule has 3 fully saturated rings. The Bertz CT molecular complexity index is 682. The Kier molecular flexibility index (Phi) is 1.97. The predicted octanol–water partition coefficient (Wildman–Crippen LogP) is 2.67. The Hall–Kier alpha value is -1.84. The summed E-state index contributed by atoms with van der Waals surface area (Å²) in [5.74, 6) is 4.97. The summed E-state index contributed by atoms with van der Waals surface area (Å²) in [4.78, 5) is 9.11. The molecule has 0 radical (unpaired) electrons. The molecule has 3 aliphatic rings. The Morgan fingerprint density at radius 2 is 1.65 bits per heavy atom. The molecule has 4 atom stereocenters. The number of nitrogen functional groups attached to an aromatic ring is 1. The van der Waals surface area contributed by atoms with E-state index in [-0.39, 0.29) is 0 Å². The molecule has 2 bridgehead atoms. The summed E-state index contributed by atoms with van der Waals surface area (Å²) in [6, 6.07) is 8.49. The van der Waals surface area contributed by atoms with E-state index < -0.39 is 0 Å². The fraction of sp³-hybridized carbons (Fsp3) is 0.500. The molecule has 102 valence electrons. The SMILES string of the molecule is Nc1nc2ccccc2nc1NC1C2C3CCC(C3)C12. The Morgan fingerprint density at radius 1 is 1.00 bits per heavy atom. The zero-order valence-electron chi connectivity index (χ0n) is 11.3. The van der Waals surface area contributed by atoms with Crippen molar-refractivity contribution < 1.29 is 0 Å². The molecule has 5 rings (SSSR count). The quantitative estimate of drug-likeness (QED) is 0.877. The fourth-order valence-corrected chi connectivity index (χ4v) is 4.80. The third kappa shape index (κ3) is 1.37. The minimum atomic E-state index is 0.529. The number of hydrogen-bond donors (Lipinski definition) is 2. The molecule has 0 spiro atoms. The van der Waals surface area contributed by atoms with E-state index in [2.05, 4.69) is 15.3 Å². The molecule has 20 heavy (non-hydrogen) atoms. The smallest absolute Gasteiger partial charge is 0.169 e. The van der Waals surface area contributed by atoms with Crippen molar-refractivity contribution in [1.29, 1.82) is 0 Å². The molecule has 1 heterocycles. The molecule has 4 heteroatoms. The van der Waals surface area contributed by atoms with Gasteiger partial charge in [-0.25, -0.2) is 9.97 Å². The number of nitrogens with two attached hydrogens (primary N) is 1. The van der Waals surface area contributed by atoms with E-state index >= 15 is 0 Å². The van der Waals surface area contributed by atoms with Gasteiger partial charge in [0.05, 0.1) is 11.0 Å². The lowest BCUT2D eigenvalue weighted by Crippen LogP contribution is -2.15. The van der Waals surface area contributed by atoms with Crippen LogP contribution in [-0.2, 0) is 0 Å². The van der Waals surface area contributed by atoms with Crippen LogP contribution in [0.25, 0.3) is 11.0 Å². The van der Waals surface area contributed by atoms with E-state index in [1.54, 1.807) is 0 Å². The summed E-state index contributed by atoms with van der Waals surface area (Å²) < 4.78 is 0. The molecular weight excluding hydrogens is 248 g/mol. The molecular formula is C16H18N4. The van der Waals surface area contributed by atoms with E-state index in [0.29, 0.717) is 11.9 Å². The van der Waals surface area contributed by atoms with Crippen molar-refractivity contribution in [2.75, 3.05) is 11.1 Å². The van der Waals surface area contributed by atoms with Gasteiger partial charge in [-0.2, -0.15) is 0 Å². The van der Waals surface area contributed by atoms with E-state index in [9.17, 15) is 0 Å². The lowest BCUT2D eigenvalue weighted by molar-refractivity contribution is 0.456. The molecule has 1 aromatic carbocycles. The van der Waals surface area contributed by atoms with Gasteiger partial charge in [0.25, 0.3) is 0 Å². The van der Waals surface area contributed by atoms with Crippen LogP contribution in [0.4, 0.5) is 11.6 Å². The first-order valence-corrected chi connectivity index (χ1v) is 7.60. The maximum atomic E-state index is 6.06. The van der Waals surface area contributed by atoms with E-state index in [1.165, 1.54) is 19.3 Å². The van der Waals surface area contributed by atoms with Crippen LogP contribution >= 0.6 is 0 Å². The Balaban J connectivity index is 1.46. The van der Waals surface area contributed by atoms with Gasteiger partial charge < -0.3 is 11.1 Å². The number of fused-ring (bicyclic) bond motifs is 6. The number of anilines is 2. The summed E-state index contributed by atoms with van der Waals surface area (Å²) in [5.41, 5.74) is 7.84. The van der Waals surface area contributed by atoms with Gasteiger partial charge in [0.1, 0.15) is 0 Å². The monoisotopic (exact) mass is 266 g/mol. The number of nitrogens with zero attached hydrogens (tertiary/aromatic N) is 2. The molecule has 2 aromatic rings. The summed E-state index contributed by atoms with van der Waals surface area (Å²) in [5, 5.41) is 3.58. The van der Waals surface area contributed by atoms with Gasteiger partial charge in [-0.3, -0.25) is 0 Å². The van der Waals surface area contributed by atoms with Gasteiger partial charge in [-0.15, -0.1) is 0 Å². The summed E-state index contributed by atoms with van der Waals surface area (Å²) >= 11 is 0. The molecule has 0 aliphatic heterocycles. The highest BCUT2D eigenvalue weighted by Gasteiger charge is 2.65. The molecule has 0 saturated heterocycles. The van der Waals surface area contributed by atoms with Gasteiger partial charge in [-0.1, -0.05) is 12.1 Å². The minimum Gasteiger partial charge on any atom is -0.381 e. The van der Waals surface area contributed by atoms with E-state index in [1.807, 2.05) is 24.3 Å². The first-order chi connectivity index (χ1) is 9.81. The molecule has 1 aromatic heterocycles. The van der Waals surface area contributed by atoms with Crippen LogP contribution in [0.1, 0.15) is 19.3 Å². The number of rotatable bonds is 2. The lowest BCUT2D eigenvalue weighted by Gasteiger charge is -2.12. The number of nitrogens with one attached hydrogen (secondary N) is 1. The molecule has 4 nitrogen and oxygen atoms in total. The van der Waals surface area contributed by atoms with Crippen molar-refractivity contribution in [1.82, 2.24) is 9.97 Å². The molecule has 4 unspecified atom stereocenters. The number of benzene rings is 1. The van der Waals surface area contributed by atoms with Crippen LogP contribution in [0, 0.1) is 23.7 Å². The van der Waals surface area contributed by atoms with Gasteiger partial charge >= 0.3 is 0 Å². The van der Waals surface area contributed by atoms with Crippen molar-refractivity contribution in [2.45, 2.75) is 25.3 Å². The second-order valence-electron chi connectivity index (χ2n) is 6.60. The number of hydrogen-bond acceptors (Lipinski definition) is 4. The first-order valence-electron chi connectivity index (χ1n) is 7.60. The van der Waals surface area contributed by atoms with Crippen LogP contribution in [0.5, 0.6) is 0 Å². The van der Waals surface area contributed by atoms with Crippen LogP contribution in [0.15, 0.2) is 24.3 Å². The lowest BCUT2D eigenvalue weighted by atomic mass is 10.0. The average Bonchev–Trinajstić information content (AvgIpc) is 2.84. The topological polar surface area (TPSA) is 63.8 Å². The minimum absolute atomic E-state index is 0.529. The largest absolute Gasteiger partial charge is 0.381 e. The van der Waals surface area contributed by atoms with Crippen molar-refractivity contribution in [2.24, 2.45) is 23.7 Å². The maximum absolute atomic E-state index is 6.06. The van der Waals surface area contributed by atoms with Crippen LogP contribution in [0.3, 0.4) is 0 Å². The van der Waals surface area contributed by atoms with Gasteiger partial charge in [0, 0.05) is 6.04 Å². The standard InChI is InChI=1S/C16H18N4/c17-15-16(19-11-4-2-1-3-10(11)18-15)20-14-12-8-5-6-9(7-8)13(12)14/h1-4,8-9,12-14H,5-7H2,(H2,17,18)(H,19,20). The van der Waals surface area contributed by atoms with Gasteiger partial charge in [0.2, 0.25) is 0 Å². The van der Waals surface area contributed by atoms with Crippen molar-refractivity contribution in [3.05, 3.63) is 24.3 Å². The van der Waals surface area contributed by atoms with Crippen molar-refractivity contribution >= 4 is 22.7 Å². The van der Waals surface area contributed by atoms with Crippen LogP contribution < -0.4 is 11.1 Å². The second-order valence-corrected chi connectivity index (χ2v) is 6.60. The van der Waals surface area contributed by atoms with Gasteiger partial charge in [-0.05, 0) is 55.1 Å². The predicted molar refractivity (Wildman–Crippen MR) is 79.2 cm³/mol.